The Bertz CT molecular complexity index is 884. The van der Waals surface area contributed by atoms with Crippen molar-refractivity contribution in [3.8, 4) is 0 Å². The lowest BCUT2D eigenvalue weighted by molar-refractivity contribution is -0.116. The van der Waals surface area contributed by atoms with E-state index in [1.165, 1.54) is 11.1 Å². The van der Waals surface area contributed by atoms with Crippen molar-refractivity contribution in [1.29, 1.82) is 0 Å². The molecule has 0 spiro atoms. The van der Waals surface area contributed by atoms with Crippen molar-refractivity contribution in [2.24, 2.45) is 10.9 Å². The Balaban J connectivity index is 1.35. The highest BCUT2D eigenvalue weighted by Gasteiger charge is 2.28. The number of amides is 1. The summed E-state index contributed by atoms with van der Waals surface area (Å²) in [7, 11) is 1.78. The smallest absolute Gasteiger partial charge is 0.225 e. The van der Waals surface area contributed by atoms with Gasteiger partial charge in [0.05, 0.1) is 6.10 Å². The largest absolute Gasteiger partial charge is 0.373 e. The van der Waals surface area contributed by atoms with E-state index in [0.29, 0.717) is 18.9 Å². The first-order valence-electron chi connectivity index (χ1n) is 10.7. The van der Waals surface area contributed by atoms with Crippen LogP contribution in [0.4, 0.5) is 5.69 Å². The molecule has 6 heteroatoms. The van der Waals surface area contributed by atoms with Gasteiger partial charge in [-0.05, 0) is 30.0 Å². The molecule has 2 aromatic carbocycles. The Labute approximate surface area is 178 Å². The second kappa shape index (κ2) is 9.76. The zero-order chi connectivity index (χ0) is 20.8. The summed E-state index contributed by atoms with van der Waals surface area (Å²) >= 11 is 0. The van der Waals surface area contributed by atoms with Crippen molar-refractivity contribution in [2.75, 3.05) is 32.1 Å². The maximum absolute atomic E-state index is 12.1. The van der Waals surface area contributed by atoms with E-state index in [0.717, 1.165) is 37.6 Å². The zero-order valence-corrected chi connectivity index (χ0v) is 17.4. The molecule has 0 radical (unpaired) electrons. The molecule has 1 saturated heterocycles. The molecule has 3 atom stereocenters. The van der Waals surface area contributed by atoms with Gasteiger partial charge in [-0.2, -0.15) is 0 Å². The minimum atomic E-state index is 0.0634. The van der Waals surface area contributed by atoms with Gasteiger partial charge in [0.15, 0.2) is 5.96 Å². The summed E-state index contributed by atoms with van der Waals surface area (Å²) in [6.45, 7) is 2.26. The van der Waals surface area contributed by atoms with Crippen LogP contribution in [0.5, 0.6) is 0 Å². The van der Waals surface area contributed by atoms with E-state index >= 15 is 0 Å². The fraction of sp³-hybridized carbons (Fsp3) is 0.417. The molecule has 6 nitrogen and oxygen atoms in total. The molecular weight excluding hydrogens is 376 g/mol. The maximum Gasteiger partial charge on any atom is 0.225 e. The number of nitrogens with zero attached hydrogens (tertiary/aromatic N) is 1. The minimum Gasteiger partial charge on any atom is -0.373 e. The van der Waals surface area contributed by atoms with Crippen molar-refractivity contribution < 1.29 is 9.53 Å². The number of fused-ring (bicyclic) bond motifs is 1. The SMILES string of the molecule is CN=C(NCC1CC(=O)Nc2ccccc21)NCC1CCCOC1c1ccccc1. The molecule has 2 aliphatic rings. The van der Waals surface area contributed by atoms with Crippen LogP contribution < -0.4 is 16.0 Å². The highest BCUT2D eigenvalue weighted by Crippen LogP contribution is 2.33. The first-order chi connectivity index (χ1) is 14.7. The van der Waals surface area contributed by atoms with Crippen LogP contribution in [0.15, 0.2) is 59.6 Å². The van der Waals surface area contributed by atoms with Gasteiger partial charge in [-0.1, -0.05) is 48.5 Å². The average Bonchev–Trinajstić information content (AvgIpc) is 2.79. The van der Waals surface area contributed by atoms with Crippen LogP contribution in [-0.4, -0.2) is 38.6 Å². The van der Waals surface area contributed by atoms with Gasteiger partial charge in [-0.25, -0.2) is 0 Å². The summed E-state index contributed by atoms with van der Waals surface area (Å²) in [5.74, 6) is 1.34. The van der Waals surface area contributed by atoms with Crippen molar-refractivity contribution in [1.82, 2.24) is 10.6 Å². The first kappa shape index (κ1) is 20.4. The van der Waals surface area contributed by atoms with E-state index in [9.17, 15) is 4.79 Å². The van der Waals surface area contributed by atoms with E-state index in [4.69, 9.17) is 4.74 Å². The van der Waals surface area contributed by atoms with E-state index < -0.39 is 0 Å². The number of carbonyl (C=O) groups is 1. The van der Waals surface area contributed by atoms with Gasteiger partial charge >= 0.3 is 0 Å². The van der Waals surface area contributed by atoms with Crippen molar-refractivity contribution in [3.63, 3.8) is 0 Å². The van der Waals surface area contributed by atoms with Crippen molar-refractivity contribution in [3.05, 3.63) is 65.7 Å². The molecule has 30 heavy (non-hydrogen) atoms. The number of ether oxygens (including phenoxy) is 1. The summed E-state index contributed by atoms with van der Waals surface area (Å²) in [5, 5.41) is 9.84. The molecule has 2 aromatic rings. The second-order valence-corrected chi connectivity index (χ2v) is 7.97. The highest BCUT2D eigenvalue weighted by molar-refractivity contribution is 5.94. The minimum absolute atomic E-state index is 0.0634. The number of rotatable bonds is 5. The molecule has 2 aliphatic heterocycles. The summed E-state index contributed by atoms with van der Waals surface area (Å²) < 4.78 is 6.10. The Hall–Kier alpha value is -2.86. The van der Waals surface area contributed by atoms with Crippen LogP contribution >= 0.6 is 0 Å². The zero-order valence-electron chi connectivity index (χ0n) is 17.4. The number of para-hydroxylation sites is 1. The molecule has 0 saturated carbocycles. The predicted molar refractivity (Wildman–Crippen MR) is 120 cm³/mol. The normalized spacial score (nSPS) is 24.0. The van der Waals surface area contributed by atoms with Crippen molar-refractivity contribution in [2.45, 2.75) is 31.3 Å². The van der Waals surface area contributed by atoms with Crippen LogP contribution in [0.2, 0.25) is 0 Å². The quantitative estimate of drug-likeness (QED) is 0.525. The summed E-state index contributed by atoms with van der Waals surface area (Å²) in [5.41, 5.74) is 3.32. The number of nitrogens with one attached hydrogen (secondary N) is 3. The topological polar surface area (TPSA) is 74.8 Å². The fourth-order valence-corrected chi connectivity index (χ4v) is 4.42. The monoisotopic (exact) mass is 406 g/mol. The van der Waals surface area contributed by atoms with Gasteiger partial charge in [0.2, 0.25) is 5.91 Å². The number of hydrogen-bond acceptors (Lipinski definition) is 3. The number of guanidine groups is 1. The average molecular weight is 407 g/mol. The lowest BCUT2D eigenvalue weighted by atomic mass is 9.89. The number of hydrogen-bond donors (Lipinski definition) is 3. The maximum atomic E-state index is 12.1. The fourth-order valence-electron chi connectivity index (χ4n) is 4.42. The highest BCUT2D eigenvalue weighted by atomic mass is 16.5. The molecule has 0 aliphatic carbocycles. The van der Waals surface area contributed by atoms with Gasteiger partial charge < -0.3 is 20.7 Å². The summed E-state index contributed by atoms with van der Waals surface area (Å²) in [6.07, 6.45) is 2.79. The van der Waals surface area contributed by atoms with E-state index in [1.54, 1.807) is 7.05 Å². The number of anilines is 1. The summed E-state index contributed by atoms with van der Waals surface area (Å²) in [6, 6.07) is 18.5. The Kier molecular flexibility index (Phi) is 6.64. The molecule has 1 fully saturated rings. The van der Waals surface area contributed by atoms with Crippen LogP contribution in [0.3, 0.4) is 0 Å². The molecule has 3 N–H and O–H groups in total. The van der Waals surface area contributed by atoms with Gasteiger partial charge in [-0.15, -0.1) is 0 Å². The molecule has 4 rings (SSSR count). The van der Waals surface area contributed by atoms with Crippen LogP contribution in [-0.2, 0) is 9.53 Å². The summed E-state index contributed by atoms with van der Waals surface area (Å²) in [4.78, 5) is 16.4. The van der Waals surface area contributed by atoms with Gasteiger partial charge in [0.25, 0.3) is 0 Å². The van der Waals surface area contributed by atoms with E-state index in [-0.39, 0.29) is 17.9 Å². The van der Waals surface area contributed by atoms with Gasteiger partial charge in [-0.3, -0.25) is 9.79 Å². The number of aliphatic imine (C=N–C) groups is 1. The molecular formula is C24H30N4O2. The third kappa shape index (κ3) is 4.82. The Morgan fingerprint density at radius 2 is 1.87 bits per heavy atom. The molecule has 0 aromatic heterocycles. The second-order valence-electron chi connectivity index (χ2n) is 7.97. The molecule has 3 unspecified atom stereocenters. The molecule has 0 bridgehead atoms. The van der Waals surface area contributed by atoms with Gasteiger partial charge in [0.1, 0.15) is 0 Å². The van der Waals surface area contributed by atoms with E-state index in [2.05, 4.69) is 51.3 Å². The number of benzene rings is 2. The Morgan fingerprint density at radius 1 is 1.10 bits per heavy atom. The lowest BCUT2D eigenvalue weighted by Gasteiger charge is -2.33. The van der Waals surface area contributed by atoms with Crippen LogP contribution in [0, 0.1) is 5.92 Å². The van der Waals surface area contributed by atoms with Crippen LogP contribution in [0.25, 0.3) is 0 Å². The lowest BCUT2D eigenvalue weighted by Crippen LogP contribution is -2.43. The van der Waals surface area contributed by atoms with E-state index in [1.807, 2.05) is 24.3 Å². The first-order valence-corrected chi connectivity index (χ1v) is 10.7. The Morgan fingerprint density at radius 3 is 2.70 bits per heavy atom. The number of carbonyl (C=O) groups excluding carboxylic acids is 1. The third-order valence-electron chi connectivity index (χ3n) is 5.95. The predicted octanol–water partition coefficient (Wildman–Crippen LogP) is 3.45. The third-order valence-corrected chi connectivity index (χ3v) is 5.95. The molecule has 2 heterocycles. The standard InChI is InChI=1S/C24H30N4O2/c1-25-24(27-16-19-14-22(29)28-21-12-6-5-11-20(19)21)26-15-18-10-7-13-30-23(18)17-8-3-2-4-9-17/h2-6,8-9,11-12,18-19,23H,7,10,13-16H2,1H3,(H,28,29)(H2,25,26,27). The molecule has 158 valence electrons. The molecule has 1 amide bonds. The van der Waals surface area contributed by atoms with Crippen molar-refractivity contribution >= 4 is 17.6 Å². The van der Waals surface area contributed by atoms with Gasteiger partial charge in [0, 0.05) is 50.7 Å². The van der Waals surface area contributed by atoms with Crippen LogP contribution in [0.1, 0.15) is 42.4 Å².